The topological polar surface area (TPSA) is 44.8 Å². The number of rotatable bonds is 6. The van der Waals surface area contributed by atoms with Gasteiger partial charge in [0.25, 0.3) is 0 Å². The van der Waals surface area contributed by atoms with Crippen LogP contribution in [0.25, 0.3) is 0 Å². The van der Waals surface area contributed by atoms with Crippen LogP contribution in [-0.4, -0.2) is 18.7 Å². The minimum absolute atomic E-state index is 0.0887. The first-order chi connectivity index (χ1) is 11.1. The molecule has 0 aromatic heterocycles. The van der Waals surface area contributed by atoms with Gasteiger partial charge in [-0.1, -0.05) is 29.7 Å². The summed E-state index contributed by atoms with van der Waals surface area (Å²) in [6.45, 7) is 1.69. The molecule has 0 aliphatic rings. The second-order valence-corrected chi connectivity index (χ2v) is 5.01. The number of benzene rings is 2. The third-order valence-electron chi connectivity index (χ3n) is 2.83. The Morgan fingerprint density at radius 3 is 2.48 bits per heavy atom. The highest BCUT2D eigenvalue weighted by atomic mass is 35.5. The standard InChI is InChI=1S/C18H15ClO4/c1-3-12-21-16-6-4-5-7-17(16)23-18(20)13(2)22-15-10-8-14(19)9-11-15/h1,4-11,13H,12H2,2H3. The Morgan fingerprint density at radius 1 is 1.17 bits per heavy atom. The van der Waals surface area contributed by atoms with Gasteiger partial charge in [-0.15, -0.1) is 6.42 Å². The number of carbonyl (C=O) groups excluding carboxylic acids is 1. The van der Waals surface area contributed by atoms with Gasteiger partial charge in [0.05, 0.1) is 0 Å². The number of hydrogen-bond donors (Lipinski definition) is 0. The van der Waals surface area contributed by atoms with E-state index < -0.39 is 12.1 Å². The molecule has 0 aliphatic heterocycles. The van der Waals surface area contributed by atoms with Crippen molar-refractivity contribution >= 4 is 17.6 Å². The van der Waals surface area contributed by atoms with Crippen molar-refractivity contribution in [1.29, 1.82) is 0 Å². The number of halogens is 1. The van der Waals surface area contributed by atoms with E-state index in [-0.39, 0.29) is 6.61 Å². The molecule has 0 bridgehead atoms. The Labute approximate surface area is 139 Å². The van der Waals surface area contributed by atoms with Crippen molar-refractivity contribution in [2.45, 2.75) is 13.0 Å². The molecule has 0 heterocycles. The molecule has 23 heavy (non-hydrogen) atoms. The highest BCUT2D eigenvalue weighted by Crippen LogP contribution is 2.27. The zero-order valence-electron chi connectivity index (χ0n) is 12.5. The van der Waals surface area contributed by atoms with E-state index in [1.54, 1.807) is 55.5 Å². The zero-order chi connectivity index (χ0) is 16.7. The number of ether oxygens (including phenoxy) is 3. The van der Waals surface area contributed by atoms with Gasteiger partial charge < -0.3 is 14.2 Å². The van der Waals surface area contributed by atoms with Gasteiger partial charge in [-0.05, 0) is 43.3 Å². The van der Waals surface area contributed by atoms with Gasteiger partial charge in [-0.3, -0.25) is 0 Å². The van der Waals surface area contributed by atoms with E-state index >= 15 is 0 Å². The quantitative estimate of drug-likeness (QED) is 0.460. The summed E-state index contributed by atoms with van der Waals surface area (Å²) in [5.74, 6) is 3.03. The third kappa shape index (κ3) is 4.94. The molecule has 1 atom stereocenters. The van der Waals surface area contributed by atoms with Gasteiger partial charge in [-0.25, -0.2) is 4.79 Å². The molecule has 2 aromatic rings. The molecular weight excluding hydrogens is 316 g/mol. The van der Waals surface area contributed by atoms with Gasteiger partial charge in [0.15, 0.2) is 17.6 Å². The molecule has 4 nitrogen and oxygen atoms in total. The molecule has 0 saturated carbocycles. The predicted octanol–water partition coefficient (Wildman–Crippen LogP) is 3.72. The van der Waals surface area contributed by atoms with Crippen LogP contribution in [0, 0.1) is 12.3 Å². The maximum absolute atomic E-state index is 12.1. The molecule has 0 N–H and O–H groups in total. The predicted molar refractivity (Wildman–Crippen MR) is 87.9 cm³/mol. The van der Waals surface area contributed by atoms with Crippen LogP contribution in [-0.2, 0) is 4.79 Å². The van der Waals surface area contributed by atoms with Crippen LogP contribution < -0.4 is 14.2 Å². The average Bonchev–Trinajstić information content (AvgIpc) is 2.56. The number of hydrogen-bond acceptors (Lipinski definition) is 4. The highest BCUT2D eigenvalue weighted by Gasteiger charge is 2.19. The van der Waals surface area contributed by atoms with Crippen LogP contribution in [0.5, 0.6) is 17.2 Å². The van der Waals surface area contributed by atoms with Crippen molar-refractivity contribution in [1.82, 2.24) is 0 Å². The molecule has 5 heteroatoms. The van der Waals surface area contributed by atoms with E-state index in [1.165, 1.54) is 0 Å². The van der Waals surface area contributed by atoms with Crippen molar-refractivity contribution in [2.24, 2.45) is 0 Å². The Bertz CT molecular complexity index is 704. The first-order valence-corrected chi connectivity index (χ1v) is 7.27. The lowest BCUT2D eigenvalue weighted by Gasteiger charge is -2.15. The van der Waals surface area contributed by atoms with Crippen LogP contribution in [0.3, 0.4) is 0 Å². The summed E-state index contributed by atoms with van der Waals surface area (Å²) in [4.78, 5) is 12.1. The normalized spacial score (nSPS) is 11.2. The van der Waals surface area contributed by atoms with Gasteiger partial charge >= 0.3 is 5.97 Å². The third-order valence-corrected chi connectivity index (χ3v) is 3.08. The molecule has 0 radical (unpaired) electrons. The Balaban J connectivity index is 2.01. The lowest BCUT2D eigenvalue weighted by molar-refractivity contribution is -0.141. The summed E-state index contributed by atoms with van der Waals surface area (Å²) in [6, 6.07) is 13.5. The SMILES string of the molecule is C#CCOc1ccccc1OC(=O)C(C)Oc1ccc(Cl)cc1. The average molecular weight is 331 g/mol. The molecule has 0 aliphatic carbocycles. The summed E-state index contributed by atoms with van der Waals surface area (Å²) in [5.41, 5.74) is 0. The summed E-state index contributed by atoms with van der Waals surface area (Å²) in [6.07, 6.45) is 4.37. The largest absolute Gasteiger partial charge is 0.479 e. The first-order valence-electron chi connectivity index (χ1n) is 6.89. The highest BCUT2D eigenvalue weighted by molar-refractivity contribution is 6.30. The van der Waals surface area contributed by atoms with Gasteiger partial charge in [0.1, 0.15) is 12.4 Å². The van der Waals surface area contributed by atoms with Crippen molar-refractivity contribution in [3.63, 3.8) is 0 Å². The fraction of sp³-hybridized carbons (Fsp3) is 0.167. The van der Waals surface area contributed by atoms with Crippen LogP contribution in [0.2, 0.25) is 5.02 Å². The zero-order valence-corrected chi connectivity index (χ0v) is 13.2. The van der Waals surface area contributed by atoms with E-state index in [4.69, 9.17) is 32.2 Å². The fourth-order valence-electron chi connectivity index (χ4n) is 1.73. The lowest BCUT2D eigenvalue weighted by atomic mass is 10.3. The Morgan fingerprint density at radius 2 is 1.83 bits per heavy atom. The molecule has 1 unspecified atom stereocenters. The Kier molecular flexibility index (Phi) is 5.90. The minimum Gasteiger partial charge on any atom is -0.479 e. The fourth-order valence-corrected chi connectivity index (χ4v) is 1.86. The number of para-hydroxylation sites is 2. The van der Waals surface area contributed by atoms with Gasteiger partial charge in [0, 0.05) is 5.02 Å². The lowest BCUT2D eigenvalue weighted by Crippen LogP contribution is -2.28. The summed E-state index contributed by atoms with van der Waals surface area (Å²) in [5, 5.41) is 0.590. The second-order valence-electron chi connectivity index (χ2n) is 4.57. The number of carbonyl (C=O) groups is 1. The number of terminal acetylenes is 1. The molecule has 2 rings (SSSR count). The van der Waals surface area contributed by atoms with Crippen molar-refractivity contribution in [3.05, 3.63) is 53.6 Å². The first kappa shape index (κ1) is 16.7. The smallest absolute Gasteiger partial charge is 0.352 e. The molecular formula is C18H15ClO4. The van der Waals surface area contributed by atoms with E-state index in [0.29, 0.717) is 22.3 Å². The van der Waals surface area contributed by atoms with Crippen LogP contribution in [0.15, 0.2) is 48.5 Å². The van der Waals surface area contributed by atoms with Crippen LogP contribution >= 0.6 is 11.6 Å². The van der Waals surface area contributed by atoms with Crippen LogP contribution in [0.4, 0.5) is 0 Å². The van der Waals surface area contributed by atoms with E-state index in [0.717, 1.165) is 0 Å². The van der Waals surface area contributed by atoms with Gasteiger partial charge in [-0.2, -0.15) is 0 Å². The Hall–Kier alpha value is -2.64. The summed E-state index contributed by atoms with van der Waals surface area (Å²) >= 11 is 5.80. The van der Waals surface area contributed by atoms with Crippen molar-refractivity contribution < 1.29 is 19.0 Å². The number of esters is 1. The summed E-state index contributed by atoms with van der Waals surface area (Å²) in [7, 11) is 0. The maximum Gasteiger partial charge on any atom is 0.352 e. The molecule has 0 amide bonds. The van der Waals surface area contributed by atoms with Crippen molar-refractivity contribution in [2.75, 3.05) is 6.61 Å². The van der Waals surface area contributed by atoms with Gasteiger partial charge in [0.2, 0.25) is 0 Å². The molecule has 0 fully saturated rings. The molecule has 0 spiro atoms. The van der Waals surface area contributed by atoms with E-state index in [1.807, 2.05) is 0 Å². The van der Waals surface area contributed by atoms with Crippen molar-refractivity contribution in [3.8, 4) is 29.6 Å². The monoisotopic (exact) mass is 330 g/mol. The van der Waals surface area contributed by atoms with E-state index in [9.17, 15) is 4.79 Å². The van der Waals surface area contributed by atoms with Crippen LogP contribution in [0.1, 0.15) is 6.92 Å². The minimum atomic E-state index is -0.795. The molecule has 118 valence electrons. The molecule has 0 saturated heterocycles. The van der Waals surface area contributed by atoms with E-state index in [2.05, 4.69) is 5.92 Å². The maximum atomic E-state index is 12.1. The summed E-state index contributed by atoms with van der Waals surface area (Å²) < 4.78 is 16.2. The second kappa shape index (κ2) is 8.11. The molecule has 2 aromatic carbocycles.